The minimum absolute atomic E-state index is 0.0155. The molecule has 0 saturated heterocycles. The number of nitrogens with zero attached hydrogens (tertiary/aromatic N) is 1. The second kappa shape index (κ2) is 7.88. The summed E-state index contributed by atoms with van der Waals surface area (Å²) in [7, 11) is -0.846. The molecule has 0 aliphatic rings. The fourth-order valence-electron chi connectivity index (χ4n) is 1.87. The molecular weight excluding hydrogens is 314 g/mol. The fraction of sp³-hybridized carbons (Fsp3) is 0.615. The van der Waals surface area contributed by atoms with E-state index in [0.717, 1.165) is 9.75 Å². The van der Waals surface area contributed by atoms with Crippen LogP contribution in [-0.2, 0) is 24.3 Å². The van der Waals surface area contributed by atoms with E-state index in [1.165, 1.54) is 29.9 Å². The van der Waals surface area contributed by atoms with E-state index in [4.69, 9.17) is 4.74 Å². The van der Waals surface area contributed by atoms with Gasteiger partial charge < -0.3 is 9.47 Å². The lowest BCUT2D eigenvalue weighted by atomic mass is 10.4. The highest BCUT2D eigenvalue weighted by atomic mass is 32.2. The molecule has 0 saturated carbocycles. The smallest absolute Gasteiger partial charge is 0.306 e. The Morgan fingerprint density at radius 1 is 1.29 bits per heavy atom. The van der Waals surface area contributed by atoms with Crippen molar-refractivity contribution >= 4 is 27.3 Å². The maximum absolute atomic E-state index is 12.7. The number of carbonyl (C=O) groups excluding carboxylic acids is 1. The van der Waals surface area contributed by atoms with Gasteiger partial charge in [0.05, 0.1) is 25.0 Å². The molecule has 0 aromatic carbocycles. The number of hydrogen-bond donors (Lipinski definition) is 0. The number of thiophene rings is 1. The highest BCUT2D eigenvalue weighted by molar-refractivity contribution is 7.89. The summed E-state index contributed by atoms with van der Waals surface area (Å²) >= 11 is 1.44. The predicted octanol–water partition coefficient (Wildman–Crippen LogP) is 1.57. The molecule has 0 unspecified atom stereocenters. The summed E-state index contributed by atoms with van der Waals surface area (Å²) in [6.07, 6.45) is 0.0155. The van der Waals surface area contributed by atoms with Crippen molar-refractivity contribution in [2.75, 3.05) is 33.9 Å². The molecule has 8 heteroatoms. The average molecular weight is 335 g/mol. The van der Waals surface area contributed by atoms with Gasteiger partial charge in [-0.3, -0.25) is 4.79 Å². The molecule has 0 N–H and O–H groups in total. The van der Waals surface area contributed by atoms with E-state index in [-0.39, 0.29) is 26.1 Å². The van der Waals surface area contributed by atoms with Gasteiger partial charge in [0, 0.05) is 30.0 Å². The van der Waals surface area contributed by atoms with E-state index in [9.17, 15) is 13.2 Å². The number of carbonyl (C=O) groups is 1. The van der Waals surface area contributed by atoms with Crippen molar-refractivity contribution in [3.05, 3.63) is 15.8 Å². The molecule has 1 aromatic rings. The van der Waals surface area contributed by atoms with Crippen LogP contribution in [0.2, 0.25) is 0 Å². The van der Waals surface area contributed by atoms with Gasteiger partial charge in [0.25, 0.3) is 0 Å². The lowest BCUT2D eigenvalue weighted by molar-refractivity contribution is -0.140. The van der Waals surface area contributed by atoms with Crippen LogP contribution in [0, 0.1) is 13.8 Å². The summed E-state index contributed by atoms with van der Waals surface area (Å²) in [6.45, 7) is 4.18. The molecule has 1 rings (SSSR count). The SMILES string of the molecule is COCCN(CCC(=O)OC)S(=O)(=O)c1cc(C)sc1C. The maximum atomic E-state index is 12.7. The molecule has 0 radical (unpaired) electrons. The van der Waals surface area contributed by atoms with E-state index in [0.29, 0.717) is 4.90 Å². The van der Waals surface area contributed by atoms with Gasteiger partial charge in [-0.25, -0.2) is 8.42 Å². The number of esters is 1. The predicted molar refractivity (Wildman–Crippen MR) is 81.1 cm³/mol. The van der Waals surface area contributed by atoms with Gasteiger partial charge in [-0.2, -0.15) is 4.31 Å². The van der Waals surface area contributed by atoms with Crippen LogP contribution in [-0.4, -0.2) is 52.6 Å². The van der Waals surface area contributed by atoms with Crippen LogP contribution in [0.15, 0.2) is 11.0 Å². The van der Waals surface area contributed by atoms with Gasteiger partial charge in [-0.1, -0.05) is 0 Å². The summed E-state index contributed by atoms with van der Waals surface area (Å²) < 4.78 is 36.2. The molecule has 1 heterocycles. The van der Waals surface area contributed by atoms with Crippen LogP contribution in [0.25, 0.3) is 0 Å². The van der Waals surface area contributed by atoms with Crippen molar-refractivity contribution in [1.82, 2.24) is 4.31 Å². The Morgan fingerprint density at radius 2 is 1.95 bits per heavy atom. The van der Waals surface area contributed by atoms with Crippen LogP contribution in [0.1, 0.15) is 16.2 Å². The first kappa shape index (κ1) is 18.1. The van der Waals surface area contributed by atoms with Crippen molar-refractivity contribution in [2.24, 2.45) is 0 Å². The van der Waals surface area contributed by atoms with Crippen LogP contribution >= 0.6 is 11.3 Å². The normalized spacial score (nSPS) is 11.9. The topological polar surface area (TPSA) is 72.9 Å². The van der Waals surface area contributed by atoms with Crippen molar-refractivity contribution in [1.29, 1.82) is 0 Å². The Kier molecular flexibility index (Phi) is 6.79. The molecule has 0 aliphatic carbocycles. The molecule has 21 heavy (non-hydrogen) atoms. The second-order valence-corrected chi connectivity index (χ2v) is 7.87. The standard InChI is InChI=1S/C13H21NO5S2/c1-10-9-12(11(2)20-10)21(16,17)14(7-8-18-3)6-5-13(15)19-4/h9H,5-8H2,1-4H3. The lowest BCUT2D eigenvalue weighted by Crippen LogP contribution is -2.36. The van der Waals surface area contributed by atoms with Gasteiger partial charge in [0.2, 0.25) is 10.0 Å². The summed E-state index contributed by atoms with van der Waals surface area (Å²) in [5, 5.41) is 0. The van der Waals surface area contributed by atoms with E-state index < -0.39 is 16.0 Å². The van der Waals surface area contributed by atoms with Crippen molar-refractivity contribution in [2.45, 2.75) is 25.2 Å². The summed E-state index contributed by atoms with van der Waals surface area (Å²) in [4.78, 5) is 13.2. The van der Waals surface area contributed by atoms with E-state index >= 15 is 0 Å². The third kappa shape index (κ3) is 4.77. The molecule has 0 atom stereocenters. The van der Waals surface area contributed by atoms with E-state index in [1.54, 1.807) is 13.0 Å². The van der Waals surface area contributed by atoms with Crippen LogP contribution in [0.3, 0.4) is 0 Å². The highest BCUT2D eigenvalue weighted by Crippen LogP contribution is 2.27. The highest BCUT2D eigenvalue weighted by Gasteiger charge is 2.27. The largest absolute Gasteiger partial charge is 0.469 e. The summed E-state index contributed by atoms with van der Waals surface area (Å²) in [5.41, 5.74) is 0. The quantitative estimate of drug-likeness (QED) is 0.674. The number of ether oxygens (including phenoxy) is 2. The Labute approximate surface area is 129 Å². The first-order valence-corrected chi connectivity index (χ1v) is 8.71. The van der Waals surface area contributed by atoms with Crippen LogP contribution < -0.4 is 0 Å². The lowest BCUT2D eigenvalue weighted by Gasteiger charge is -2.21. The molecule has 0 aliphatic heterocycles. The maximum Gasteiger partial charge on any atom is 0.306 e. The minimum atomic E-state index is -3.63. The Bertz CT molecular complexity index is 579. The molecule has 6 nitrogen and oxygen atoms in total. The third-order valence-electron chi connectivity index (χ3n) is 2.95. The minimum Gasteiger partial charge on any atom is -0.469 e. The Morgan fingerprint density at radius 3 is 2.43 bits per heavy atom. The number of methoxy groups -OCH3 is 2. The number of hydrogen-bond acceptors (Lipinski definition) is 6. The van der Waals surface area contributed by atoms with Gasteiger partial charge in [0.15, 0.2) is 0 Å². The third-order valence-corrected chi connectivity index (χ3v) is 6.07. The number of sulfonamides is 1. The molecule has 1 aromatic heterocycles. The van der Waals surface area contributed by atoms with Crippen LogP contribution in [0.4, 0.5) is 0 Å². The Balaban J connectivity index is 2.99. The van der Waals surface area contributed by atoms with Crippen molar-refractivity contribution in [3.63, 3.8) is 0 Å². The zero-order chi connectivity index (χ0) is 16.0. The van der Waals surface area contributed by atoms with Gasteiger partial charge in [-0.05, 0) is 19.9 Å². The fourth-order valence-corrected chi connectivity index (χ4v) is 4.81. The molecule has 0 amide bonds. The summed E-state index contributed by atoms with van der Waals surface area (Å²) in [5.74, 6) is -0.439. The molecule has 0 spiro atoms. The Hall–Kier alpha value is -0.960. The van der Waals surface area contributed by atoms with Gasteiger partial charge in [-0.15, -0.1) is 11.3 Å². The molecular formula is C13H21NO5S2. The summed E-state index contributed by atoms with van der Waals surface area (Å²) in [6, 6.07) is 1.66. The van der Waals surface area contributed by atoms with Crippen LogP contribution in [0.5, 0.6) is 0 Å². The monoisotopic (exact) mass is 335 g/mol. The first-order valence-electron chi connectivity index (χ1n) is 6.46. The van der Waals surface area contributed by atoms with Gasteiger partial charge >= 0.3 is 5.97 Å². The average Bonchev–Trinajstić information content (AvgIpc) is 2.77. The second-order valence-electron chi connectivity index (χ2n) is 4.50. The number of aryl methyl sites for hydroxylation is 2. The van der Waals surface area contributed by atoms with E-state index in [1.807, 2.05) is 6.92 Å². The molecule has 0 fully saturated rings. The first-order chi connectivity index (χ1) is 9.82. The van der Waals surface area contributed by atoms with E-state index in [2.05, 4.69) is 4.74 Å². The molecule has 120 valence electrons. The molecule has 0 bridgehead atoms. The van der Waals surface area contributed by atoms with Crippen molar-refractivity contribution in [3.8, 4) is 0 Å². The zero-order valence-electron chi connectivity index (χ0n) is 12.7. The van der Waals surface area contributed by atoms with Gasteiger partial charge in [0.1, 0.15) is 0 Å². The zero-order valence-corrected chi connectivity index (χ0v) is 14.3. The number of rotatable bonds is 8. The van der Waals surface area contributed by atoms with Crippen molar-refractivity contribution < 1.29 is 22.7 Å².